The van der Waals surface area contributed by atoms with Crippen molar-refractivity contribution in [2.24, 2.45) is 11.7 Å². The zero-order valence-electron chi connectivity index (χ0n) is 19.6. The maximum atomic E-state index is 13.0. The Morgan fingerprint density at radius 1 is 1.21 bits per heavy atom. The molecule has 1 fully saturated rings. The molecule has 2 aromatic carbocycles. The van der Waals surface area contributed by atoms with E-state index in [-0.39, 0.29) is 23.9 Å². The molecule has 1 aromatic heterocycles. The van der Waals surface area contributed by atoms with E-state index in [0.717, 1.165) is 11.3 Å². The number of piperidine rings is 1. The number of anilines is 1. The topological polar surface area (TPSA) is 113 Å². The normalized spacial score (nSPS) is 16.4. The summed E-state index contributed by atoms with van der Waals surface area (Å²) in [5.74, 6) is -0.0142. The van der Waals surface area contributed by atoms with Crippen LogP contribution in [0.15, 0.2) is 59.7 Å². The van der Waals surface area contributed by atoms with Crippen molar-refractivity contribution >= 4 is 22.5 Å². The monoisotopic (exact) mass is 463 g/mol. The van der Waals surface area contributed by atoms with Crippen molar-refractivity contribution in [3.8, 4) is 0 Å². The molecule has 4 rings (SSSR count). The number of nitrogens with two attached hydrogens (primary N) is 1. The van der Waals surface area contributed by atoms with E-state index in [1.807, 2.05) is 54.3 Å². The molecule has 180 valence electrons. The van der Waals surface area contributed by atoms with Gasteiger partial charge in [-0.15, -0.1) is 0 Å². The highest BCUT2D eigenvalue weighted by Gasteiger charge is 2.35. The summed E-state index contributed by atoms with van der Waals surface area (Å²) in [6.07, 6.45) is 3.03. The number of hydrogen-bond donors (Lipinski definition) is 3. The van der Waals surface area contributed by atoms with Crippen LogP contribution in [-0.4, -0.2) is 57.2 Å². The summed E-state index contributed by atoms with van der Waals surface area (Å²) in [6.45, 7) is 4.21. The first-order valence-electron chi connectivity index (χ1n) is 11.9. The maximum absolute atomic E-state index is 13.0. The predicted octanol–water partition coefficient (Wildman–Crippen LogP) is 2.00. The molecule has 1 saturated heterocycles. The van der Waals surface area contributed by atoms with Gasteiger partial charge in [0.05, 0.1) is 29.4 Å². The van der Waals surface area contributed by atoms with E-state index in [1.54, 1.807) is 6.07 Å². The molecule has 1 aliphatic heterocycles. The Balaban J connectivity index is 1.39. The van der Waals surface area contributed by atoms with Crippen molar-refractivity contribution < 1.29 is 9.90 Å². The molecule has 34 heavy (non-hydrogen) atoms. The van der Waals surface area contributed by atoms with Crippen molar-refractivity contribution in [3.05, 3.63) is 70.8 Å². The summed E-state index contributed by atoms with van der Waals surface area (Å²) in [4.78, 5) is 32.2. The number of aliphatic hydroxyl groups is 1. The Morgan fingerprint density at radius 3 is 2.65 bits per heavy atom. The number of carbonyl (C=O) groups is 1. The van der Waals surface area contributed by atoms with E-state index < -0.39 is 5.60 Å². The third kappa shape index (κ3) is 5.46. The van der Waals surface area contributed by atoms with E-state index in [4.69, 9.17) is 5.73 Å². The second-order valence-corrected chi connectivity index (χ2v) is 9.27. The van der Waals surface area contributed by atoms with Gasteiger partial charge < -0.3 is 21.1 Å². The highest BCUT2D eigenvalue weighted by atomic mass is 16.3. The molecule has 0 spiro atoms. The summed E-state index contributed by atoms with van der Waals surface area (Å²) < 4.78 is 1.48. The van der Waals surface area contributed by atoms with Gasteiger partial charge in [0, 0.05) is 37.8 Å². The minimum absolute atomic E-state index is 0.106. The van der Waals surface area contributed by atoms with E-state index in [9.17, 15) is 14.7 Å². The Morgan fingerprint density at radius 2 is 1.94 bits per heavy atom. The lowest BCUT2D eigenvalue weighted by molar-refractivity contribution is -0.139. The summed E-state index contributed by atoms with van der Waals surface area (Å²) in [5, 5.41) is 14.9. The van der Waals surface area contributed by atoms with E-state index in [1.165, 1.54) is 10.9 Å². The number of hydrogen-bond acceptors (Lipinski definition) is 6. The first-order valence-corrected chi connectivity index (χ1v) is 11.9. The van der Waals surface area contributed by atoms with Crippen molar-refractivity contribution in [1.29, 1.82) is 0 Å². The number of amides is 1. The molecule has 0 bridgehead atoms. The highest BCUT2D eigenvalue weighted by molar-refractivity contribution is 5.81. The van der Waals surface area contributed by atoms with Crippen LogP contribution in [0.2, 0.25) is 0 Å². The number of nitrogens with zero attached hydrogens (tertiary/aromatic N) is 3. The lowest BCUT2D eigenvalue weighted by atomic mass is 9.90. The molecule has 0 aliphatic carbocycles. The number of nitrogens with one attached hydrogen (secondary N) is 1. The standard InChI is InChI=1S/C26H33N5O3/c1-19(15-20-5-3-2-4-6-20)24(32)30-13-9-26(34,10-14-30)17-31-18-29-23-16-21(28-12-11-27)7-8-22(23)25(31)33/h2-8,16,18-19,28,34H,9-15,17,27H2,1H3/t19-/m1/s1. The van der Waals surface area contributed by atoms with Crippen molar-refractivity contribution in [1.82, 2.24) is 14.5 Å². The molecule has 0 saturated carbocycles. The summed E-state index contributed by atoms with van der Waals surface area (Å²) >= 11 is 0. The number of fused-ring (bicyclic) bond motifs is 1. The molecule has 3 aromatic rings. The summed E-state index contributed by atoms with van der Waals surface area (Å²) in [7, 11) is 0. The predicted molar refractivity (Wildman–Crippen MR) is 134 cm³/mol. The SMILES string of the molecule is C[C@H](Cc1ccccc1)C(=O)N1CCC(O)(Cn2cnc3cc(NCCN)ccc3c2=O)CC1. The van der Waals surface area contributed by atoms with Crippen molar-refractivity contribution in [2.45, 2.75) is 38.3 Å². The molecule has 4 N–H and O–H groups in total. The minimum Gasteiger partial charge on any atom is -0.388 e. The van der Waals surface area contributed by atoms with Crippen LogP contribution in [0.4, 0.5) is 5.69 Å². The molecule has 8 nitrogen and oxygen atoms in total. The van der Waals surface area contributed by atoms with Gasteiger partial charge in [0.2, 0.25) is 5.91 Å². The molecule has 0 radical (unpaired) electrons. The number of aromatic nitrogens is 2. The van der Waals surface area contributed by atoms with Crippen molar-refractivity contribution in [3.63, 3.8) is 0 Å². The van der Waals surface area contributed by atoms with Gasteiger partial charge in [0.1, 0.15) is 0 Å². The van der Waals surface area contributed by atoms with Crippen molar-refractivity contribution in [2.75, 3.05) is 31.5 Å². The number of benzene rings is 2. The fourth-order valence-corrected chi connectivity index (χ4v) is 4.58. The van der Waals surface area contributed by atoms with E-state index >= 15 is 0 Å². The van der Waals surface area contributed by atoms with Crippen LogP contribution in [0.3, 0.4) is 0 Å². The molecule has 1 atom stereocenters. The zero-order chi connectivity index (χ0) is 24.1. The molecular formula is C26H33N5O3. The zero-order valence-corrected chi connectivity index (χ0v) is 19.6. The van der Waals surface area contributed by atoms with Crippen LogP contribution in [0.5, 0.6) is 0 Å². The minimum atomic E-state index is -1.05. The van der Waals surface area contributed by atoms with Crippen LogP contribution in [0, 0.1) is 5.92 Å². The molecule has 8 heteroatoms. The maximum Gasteiger partial charge on any atom is 0.261 e. The Kier molecular flexibility index (Phi) is 7.29. The van der Waals surface area contributed by atoms with Crippen LogP contribution in [-0.2, 0) is 17.8 Å². The first kappa shape index (κ1) is 23.9. The molecule has 1 aliphatic rings. The average molecular weight is 464 g/mol. The lowest BCUT2D eigenvalue weighted by Crippen LogP contribution is -2.50. The molecular weight excluding hydrogens is 430 g/mol. The highest BCUT2D eigenvalue weighted by Crippen LogP contribution is 2.26. The van der Waals surface area contributed by atoms with Gasteiger partial charge in [-0.25, -0.2) is 4.98 Å². The Labute approximate surface area is 199 Å². The largest absolute Gasteiger partial charge is 0.388 e. The Bertz CT molecular complexity index is 1190. The van der Waals surface area contributed by atoms with Gasteiger partial charge in [0.25, 0.3) is 5.56 Å². The number of likely N-dealkylation sites (tertiary alicyclic amines) is 1. The van der Waals surface area contributed by atoms with Gasteiger partial charge in [0.15, 0.2) is 0 Å². The van der Waals surface area contributed by atoms with E-state index in [0.29, 0.717) is 56.3 Å². The third-order valence-electron chi connectivity index (χ3n) is 6.58. The van der Waals surface area contributed by atoms with Crippen LogP contribution in [0.1, 0.15) is 25.3 Å². The van der Waals surface area contributed by atoms with Gasteiger partial charge in [-0.05, 0) is 43.0 Å². The van der Waals surface area contributed by atoms with E-state index in [2.05, 4.69) is 10.3 Å². The lowest BCUT2D eigenvalue weighted by Gasteiger charge is -2.39. The van der Waals surface area contributed by atoms with Gasteiger partial charge in [-0.3, -0.25) is 14.2 Å². The Hall–Kier alpha value is -3.23. The molecule has 0 unspecified atom stereocenters. The molecule has 1 amide bonds. The van der Waals surface area contributed by atoms with Crippen LogP contribution >= 0.6 is 0 Å². The number of carbonyl (C=O) groups excluding carboxylic acids is 1. The van der Waals surface area contributed by atoms with Crippen LogP contribution < -0.4 is 16.6 Å². The number of rotatable bonds is 8. The first-order chi connectivity index (χ1) is 16.4. The smallest absolute Gasteiger partial charge is 0.261 e. The summed E-state index contributed by atoms with van der Waals surface area (Å²) in [5.41, 5.74) is 6.89. The summed E-state index contributed by atoms with van der Waals surface area (Å²) in [6, 6.07) is 15.4. The fourth-order valence-electron chi connectivity index (χ4n) is 4.58. The third-order valence-corrected chi connectivity index (χ3v) is 6.58. The van der Waals surface area contributed by atoms with Gasteiger partial charge >= 0.3 is 0 Å². The average Bonchev–Trinajstić information content (AvgIpc) is 2.85. The van der Waals surface area contributed by atoms with Crippen LogP contribution in [0.25, 0.3) is 10.9 Å². The fraction of sp³-hybridized carbons (Fsp3) is 0.423. The second-order valence-electron chi connectivity index (χ2n) is 9.27. The quantitative estimate of drug-likeness (QED) is 0.471. The van der Waals surface area contributed by atoms with Gasteiger partial charge in [-0.1, -0.05) is 37.3 Å². The second kappa shape index (κ2) is 10.4. The van der Waals surface area contributed by atoms with Gasteiger partial charge in [-0.2, -0.15) is 0 Å². The molecule has 2 heterocycles.